The van der Waals surface area contributed by atoms with Gasteiger partial charge in [0.1, 0.15) is 5.75 Å². The van der Waals surface area contributed by atoms with Crippen LogP contribution < -0.4 is 4.74 Å². The van der Waals surface area contributed by atoms with Crippen LogP contribution in [-0.4, -0.2) is 16.1 Å². The first kappa shape index (κ1) is 14.1. The van der Waals surface area contributed by atoms with Crippen molar-refractivity contribution in [1.82, 2.24) is 4.98 Å². The molecule has 2 rings (SSSR count). The molecule has 0 aliphatic heterocycles. The first-order valence-corrected chi connectivity index (χ1v) is 6.28. The Bertz CT molecular complexity index is 668. The van der Waals surface area contributed by atoms with E-state index in [1.54, 1.807) is 6.07 Å². The summed E-state index contributed by atoms with van der Waals surface area (Å²) >= 11 is 5.77. The molecule has 0 saturated heterocycles. The number of carboxylic acids is 1. The normalized spacial score (nSPS) is 10.7. The van der Waals surface area contributed by atoms with Crippen LogP contribution in [-0.2, 0) is 0 Å². The van der Waals surface area contributed by atoms with Crippen LogP contribution in [0.15, 0.2) is 42.6 Å². The van der Waals surface area contributed by atoms with Gasteiger partial charge in [-0.25, -0.2) is 9.78 Å². The topological polar surface area (TPSA) is 59.4 Å². The second-order valence-corrected chi connectivity index (χ2v) is 4.35. The fourth-order valence-electron chi connectivity index (χ4n) is 1.64. The van der Waals surface area contributed by atoms with Crippen molar-refractivity contribution in [1.29, 1.82) is 0 Å². The third-order valence-corrected chi connectivity index (χ3v) is 2.84. The van der Waals surface area contributed by atoms with Crippen molar-refractivity contribution >= 4 is 23.6 Å². The van der Waals surface area contributed by atoms with E-state index in [0.717, 1.165) is 5.56 Å². The van der Waals surface area contributed by atoms with Gasteiger partial charge in [-0.1, -0.05) is 42.0 Å². The van der Waals surface area contributed by atoms with E-state index >= 15 is 0 Å². The number of hydrogen-bond donors (Lipinski definition) is 1. The number of carboxylic acid groups (broad SMARTS) is 1. The number of hydrogen-bond acceptors (Lipinski definition) is 3. The van der Waals surface area contributed by atoms with E-state index in [0.29, 0.717) is 5.75 Å². The zero-order valence-electron chi connectivity index (χ0n) is 10.7. The molecule has 0 fully saturated rings. The lowest BCUT2D eigenvalue weighted by Gasteiger charge is -2.08. The highest BCUT2D eigenvalue weighted by Gasteiger charge is 2.12. The van der Waals surface area contributed by atoms with Crippen LogP contribution in [0.3, 0.4) is 0 Å². The van der Waals surface area contributed by atoms with Gasteiger partial charge >= 0.3 is 5.97 Å². The van der Waals surface area contributed by atoms with Crippen LogP contribution in [0.1, 0.15) is 22.8 Å². The lowest BCUT2D eigenvalue weighted by Crippen LogP contribution is -1.99. The number of para-hydroxylation sites is 1. The Balaban J connectivity index is 2.35. The molecule has 0 amide bonds. The van der Waals surface area contributed by atoms with Gasteiger partial charge in [0.2, 0.25) is 5.88 Å². The number of ether oxygens (including phenoxy) is 1. The van der Waals surface area contributed by atoms with Gasteiger partial charge in [0.15, 0.2) is 0 Å². The molecule has 0 radical (unpaired) electrons. The smallest absolute Gasteiger partial charge is 0.337 e. The van der Waals surface area contributed by atoms with Crippen LogP contribution in [0.25, 0.3) is 6.08 Å². The SMILES string of the molecule is C/C=C/c1ccccc1Oc1cc(C(=O)O)c(Cl)cn1. The van der Waals surface area contributed by atoms with Crippen molar-refractivity contribution in [3.8, 4) is 11.6 Å². The van der Waals surface area contributed by atoms with Gasteiger partial charge in [0.05, 0.1) is 16.8 Å². The standard InChI is InChI=1S/C15H12ClNO3/c1-2-5-10-6-3-4-7-13(10)20-14-8-11(15(18)19)12(16)9-17-14/h2-9H,1H3,(H,18,19)/b5-2+. The molecule has 102 valence electrons. The molecule has 2 aromatic rings. The molecule has 1 aromatic heterocycles. The van der Waals surface area contributed by atoms with E-state index in [9.17, 15) is 4.79 Å². The molecule has 1 N–H and O–H groups in total. The van der Waals surface area contributed by atoms with Crippen LogP contribution in [0.2, 0.25) is 5.02 Å². The molecule has 0 aliphatic carbocycles. The molecule has 0 bridgehead atoms. The Labute approximate surface area is 121 Å². The highest BCUT2D eigenvalue weighted by Crippen LogP contribution is 2.27. The number of nitrogens with zero attached hydrogens (tertiary/aromatic N) is 1. The fourth-order valence-corrected chi connectivity index (χ4v) is 1.83. The predicted molar refractivity (Wildman–Crippen MR) is 77.4 cm³/mol. The number of aromatic carboxylic acids is 1. The minimum atomic E-state index is -1.12. The Morgan fingerprint density at radius 3 is 2.85 bits per heavy atom. The van der Waals surface area contributed by atoms with Gasteiger partial charge in [-0.2, -0.15) is 0 Å². The minimum absolute atomic E-state index is 0.0415. The lowest BCUT2D eigenvalue weighted by atomic mass is 10.2. The number of rotatable bonds is 4. The summed E-state index contributed by atoms with van der Waals surface area (Å²) in [6.07, 6.45) is 5.04. The van der Waals surface area contributed by atoms with Gasteiger partial charge in [-0.05, 0) is 13.0 Å². The van der Waals surface area contributed by atoms with Gasteiger partial charge in [0.25, 0.3) is 0 Å². The Morgan fingerprint density at radius 2 is 2.15 bits per heavy atom. The largest absolute Gasteiger partial charge is 0.478 e. The first-order chi connectivity index (χ1) is 9.61. The van der Waals surface area contributed by atoms with Gasteiger partial charge in [-0.3, -0.25) is 0 Å². The maximum Gasteiger partial charge on any atom is 0.337 e. The molecule has 5 heteroatoms. The minimum Gasteiger partial charge on any atom is -0.478 e. The molecule has 1 aromatic carbocycles. The summed E-state index contributed by atoms with van der Waals surface area (Å²) in [7, 11) is 0. The van der Waals surface area contributed by atoms with Crippen molar-refractivity contribution in [2.75, 3.05) is 0 Å². The van der Waals surface area contributed by atoms with E-state index in [2.05, 4.69) is 4.98 Å². The van der Waals surface area contributed by atoms with Gasteiger partial charge in [-0.15, -0.1) is 0 Å². The second kappa shape index (κ2) is 6.21. The monoisotopic (exact) mass is 289 g/mol. The number of benzene rings is 1. The molecule has 0 atom stereocenters. The predicted octanol–water partition coefficient (Wildman–Crippen LogP) is 4.26. The maximum atomic E-state index is 11.0. The van der Waals surface area contributed by atoms with E-state index in [4.69, 9.17) is 21.4 Å². The molecule has 0 spiro atoms. The van der Waals surface area contributed by atoms with Crippen molar-refractivity contribution < 1.29 is 14.6 Å². The third-order valence-electron chi connectivity index (χ3n) is 2.54. The molecule has 0 unspecified atom stereocenters. The molecule has 20 heavy (non-hydrogen) atoms. The van der Waals surface area contributed by atoms with E-state index < -0.39 is 5.97 Å². The maximum absolute atomic E-state index is 11.0. The lowest BCUT2D eigenvalue weighted by molar-refractivity contribution is 0.0696. The Kier molecular flexibility index (Phi) is 4.38. The van der Waals surface area contributed by atoms with Crippen molar-refractivity contribution in [2.24, 2.45) is 0 Å². The zero-order valence-corrected chi connectivity index (χ0v) is 11.5. The third kappa shape index (κ3) is 3.16. The molecular formula is C15H12ClNO3. The van der Waals surface area contributed by atoms with E-state index in [-0.39, 0.29) is 16.5 Å². The number of allylic oxidation sites excluding steroid dienone is 1. The van der Waals surface area contributed by atoms with Crippen LogP contribution >= 0.6 is 11.6 Å². The molecule has 1 heterocycles. The molecule has 0 saturated carbocycles. The van der Waals surface area contributed by atoms with Gasteiger partial charge in [0, 0.05) is 11.6 Å². The molecule has 0 aliphatic rings. The number of carbonyl (C=O) groups is 1. The number of pyridine rings is 1. The summed E-state index contributed by atoms with van der Waals surface area (Å²) in [5.41, 5.74) is 0.837. The Hall–Kier alpha value is -2.33. The molecular weight excluding hydrogens is 278 g/mol. The second-order valence-electron chi connectivity index (χ2n) is 3.95. The highest BCUT2D eigenvalue weighted by atomic mass is 35.5. The van der Waals surface area contributed by atoms with Crippen LogP contribution in [0.5, 0.6) is 11.6 Å². The summed E-state index contributed by atoms with van der Waals surface area (Å²) in [6, 6.07) is 8.70. The number of aromatic nitrogens is 1. The summed E-state index contributed by atoms with van der Waals surface area (Å²) in [4.78, 5) is 15.0. The summed E-state index contributed by atoms with van der Waals surface area (Å²) in [5.74, 6) is -0.343. The molecule has 4 nitrogen and oxygen atoms in total. The quantitative estimate of drug-likeness (QED) is 0.913. The average molecular weight is 290 g/mol. The summed E-state index contributed by atoms with van der Waals surface area (Å²) in [5, 5.41) is 9.09. The first-order valence-electron chi connectivity index (χ1n) is 5.90. The average Bonchev–Trinajstić information content (AvgIpc) is 2.43. The highest BCUT2D eigenvalue weighted by molar-refractivity contribution is 6.33. The van der Waals surface area contributed by atoms with Crippen LogP contribution in [0, 0.1) is 0 Å². The van der Waals surface area contributed by atoms with Gasteiger partial charge < -0.3 is 9.84 Å². The fraction of sp³-hybridized carbons (Fsp3) is 0.0667. The van der Waals surface area contributed by atoms with E-state index in [1.807, 2.05) is 37.3 Å². The number of halogens is 1. The summed E-state index contributed by atoms with van der Waals surface area (Å²) in [6.45, 7) is 1.90. The van der Waals surface area contributed by atoms with E-state index in [1.165, 1.54) is 12.3 Å². The Morgan fingerprint density at radius 1 is 1.40 bits per heavy atom. The van der Waals surface area contributed by atoms with Crippen molar-refractivity contribution in [3.05, 3.63) is 58.8 Å². The zero-order chi connectivity index (χ0) is 14.5. The van der Waals surface area contributed by atoms with Crippen molar-refractivity contribution in [3.63, 3.8) is 0 Å². The van der Waals surface area contributed by atoms with Crippen LogP contribution in [0.4, 0.5) is 0 Å². The van der Waals surface area contributed by atoms with Crippen molar-refractivity contribution in [2.45, 2.75) is 6.92 Å². The summed E-state index contributed by atoms with van der Waals surface area (Å²) < 4.78 is 5.62.